The van der Waals surface area contributed by atoms with Crippen molar-refractivity contribution in [3.05, 3.63) is 72.9 Å². The lowest BCUT2D eigenvalue weighted by atomic mass is 10.2. The fourth-order valence-corrected chi connectivity index (χ4v) is 2.00. The summed E-state index contributed by atoms with van der Waals surface area (Å²) >= 11 is 0. The van der Waals surface area contributed by atoms with E-state index in [1.807, 2.05) is 30.4 Å². The highest BCUT2D eigenvalue weighted by Gasteiger charge is 2.34. The Kier molecular flexibility index (Phi) is 11.1. The molecule has 1 aliphatic rings. The SMILES string of the molecule is CC/C=C\C\C=C/C=C/C=C\C1OC1C/C=C\C/C=C\CC(=O)O. The summed E-state index contributed by atoms with van der Waals surface area (Å²) in [5.74, 6) is -0.797. The number of carboxylic acid groups (broad SMARTS) is 1. The third-order valence-electron chi connectivity index (χ3n) is 3.33. The number of carbonyl (C=O) groups is 1. The van der Waals surface area contributed by atoms with Gasteiger partial charge in [-0.3, -0.25) is 4.79 Å². The molecule has 0 saturated carbocycles. The van der Waals surface area contributed by atoms with Gasteiger partial charge in [0.05, 0.1) is 12.5 Å². The van der Waals surface area contributed by atoms with Crippen molar-refractivity contribution in [2.45, 2.75) is 51.2 Å². The maximum absolute atomic E-state index is 10.3. The summed E-state index contributed by atoms with van der Waals surface area (Å²) in [6.07, 6.45) is 28.6. The maximum Gasteiger partial charge on any atom is 0.307 e. The highest BCUT2D eigenvalue weighted by Crippen LogP contribution is 2.26. The van der Waals surface area contributed by atoms with Crippen molar-refractivity contribution in [2.75, 3.05) is 0 Å². The van der Waals surface area contributed by atoms with Crippen LogP contribution in [-0.4, -0.2) is 23.3 Å². The summed E-state index contributed by atoms with van der Waals surface area (Å²) < 4.78 is 5.55. The molecule has 1 fully saturated rings. The van der Waals surface area contributed by atoms with Crippen LogP contribution in [0, 0.1) is 0 Å². The van der Waals surface area contributed by atoms with Gasteiger partial charge in [0.1, 0.15) is 6.10 Å². The Balaban J connectivity index is 2.06. The molecule has 1 rings (SSSR count). The summed E-state index contributed by atoms with van der Waals surface area (Å²) in [5.41, 5.74) is 0. The zero-order chi connectivity index (χ0) is 17.5. The molecule has 1 aliphatic heterocycles. The summed E-state index contributed by atoms with van der Waals surface area (Å²) in [6.45, 7) is 2.13. The average molecular weight is 328 g/mol. The van der Waals surface area contributed by atoms with E-state index < -0.39 is 5.97 Å². The van der Waals surface area contributed by atoms with Crippen molar-refractivity contribution in [2.24, 2.45) is 0 Å². The second kappa shape index (κ2) is 13.3. The van der Waals surface area contributed by atoms with E-state index in [4.69, 9.17) is 9.84 Å². The van der Waals surface area contributed by atoms with Gasteiger partial charge in [-0.1, -0.05) is 79.8 Å². The molecule has 1 N–H and O–H groups in total. The van der Waals surface area contributed by atoms with E-state index in [1.54, 1.807) is 6.08 Å². The smallest absolute Gasteiger partial charge is 0.307 e. The van der Waals surface area contributed by atoms with Crippen LogP contribution in [0.2, 0.25) is 0 Å². The van der Waals surface area contributed by atoms with Gasteiger partial charge in [0.2, 0.25) is 0 Å². The van der Waals surface area contributed by atoms with Crippen LogP contribution < -0.4 is 0 Å². The number of ether oxygens (including phenoxy) is 1. The zero-order valence-corrected chi connectivity index (χ0v) is 14.4. The van der Waals surface area contributed by atoms with Crippen LogP contribution in [-0.2, 0) is 9.53 Å². The zero-order valence-electron chi connectivity index (χ0n) is 14.4. The van der Waals surface area contributed by atoms with Crippen LogP contribution in [0.5, 0.6) is 0 Å². The van der Waals surface area contributed by atoms with Crippen molar-refractivity contribution in [3.8, 4) is 0 Å². The molecule has 0 aromatic rings. The van der Waals surface area contributed by atoms with E-state index in [0.29, 0.717) is 0 Å². The highest BCUT2D eigenvalue weighted by atomic mass is 16.6. The number of hydrogen-bond acceptors (Lipinski definition) is 2. The average Bonchev–Trinajstić information content (AvgIpc) is 3.30. The lowest BCUT2D eigenvalue weighted by Crippen LogP contribution is -1.89. The van der Waals surface area contributed by atoms with Crippen LogP contribution >= 0.6 is 0 Å². The molecule has 2 atom stereocenters. The number of rotatable bonds is 12. The Labute approximate surface area is 145 Å². The Morgan fingerprint density at radius 1 is 0.917 bits per heavy atom. The second-order valence-electron chi connectivity index (χ2n) is 5.46. The Morgan fingerprint density at radius 3 is 2.42 bits per heavy atom. The van der Waals surface area contributed by atoms with Crippen LogP contribution in [0.25, 0.3) is 0 Å². The lowest BCUT2D eigenvalue weighted by Gasteiger charge is -1.85. The van der Waals surface area contributed by atoms with Crippen LogP contribution in [0.4, 0.5) is 0 Å². The Hall–Kier alpha value is -2.13. The largest absolute Gasteiger partial charge is 0.481 e. The van der Waals surface area contributed by atoms with E-state index in [9.17, 15) is 4.79 Å². The molecular formula is C21H28O3. The first-order chi connectivity index (χ1) is 11.7. The van der Waals surface area contributed by atoms with Gasteiger partial charge in [0.15, 0.2) is 0 Å². The molecule has 0 aromatic heterocycles. The molecule has 3 nitrogen and oxygen atoms in total. The molecule has 0 radical (unpaired) electrons. The molecule has 0 bridgehead atoms. The quantitative estimate of drug-likeness (QED) is 0.306. The van der Waals surface area contributed by atoms with Gasteiger partial charge >= 0.3 is 5.97 Å². The summed E-state index contributed by atoms with van der Waals surface area (Å²) in [7, 11) is 0. The fourth-order valence-electron chi connectivity index (χ4n) is 2.00. The molecule has 130 valence electrons. The topological polar surface area (TPSA) is 49.8 Å². The van der Waals surface area contributed by atoms with Gasteiger partial charge in [-0.2, -0.15) is 0 Å². The van der Waals surface area contributed by atoms with Crippen molar-refractivity contribution in [1.82, 2.24) is 0 Å². The molecule has 1 heterocycles. The highest BCUT2D eigenvalue weighted by molar-refractivity contribution is 5.68. The summed E-state index contributed by atoms with van der Waals surface area (Å²) in [6, 6.07) is 0. The van der Waals surface area contributed by atoms with Crippen molar-refractivity contribution in [3.63, 3.8) is 0 Å². The summed E-state index contributed by atoms with van der Waals surface area (Å²) in [4.78, 5) is 10.3. The van der Waals surface area contributed by atoms with Gasteiger partial charge in [-0.25, -0.2) is 0 Å². The minimum absolute atomic E-state index is 0.0879. The third-order valence-corrected chi connectivity index (χ3v) is 3.33. The lowest BCUT2D eigenvalue weighted by molar-refractivity contribution is -0.136. The molecule has 0 spiro atoms. The molecule has 0 amide bonds. The van der Waals surface area contributed by atoms with E-state index >= 15 is 0 Å². The van der Waals surface area contributed by atoms with Crippen molar-refractivity contribution in [1.29, 1.82) is 0 Å². The number of epoxide rings is 1. The number of hydrogen-bond donors (Lipinski definition) is 1. The standard InChI is InChI=1S/C21H28O3/c1-2-3-4-5-6-7-8-10-13-16-19-20(24-19)17-14-11-9-12-15-18-21(22)23/h3-4,6-8,10-16,19-20H,2,5,9,17-18H2,1H3,(H,22,23)/b4-3-,7-6-,10-8+,14-11-,15-12-,16-13-. The van der Waals surface area contributed by atoms with E-state index in [2.05, 4.69) is 43.4 Å². The normalized spacial score (nSPS) is 21.5. The first kappa shape index (κ1) is 19.9. The third kappa shape index (κ3) is 11.4. The fraction of sp³-hybridized carbons (Fsp3) is 0.381. The monoisotopic (exact) mass is 328 g/mol. The van der Waals surface area contributed by atoms with Gasteiger partial charge in [-0.15, -0.1) is 0 Å². The van der Waals surface area contributed by atoms with E-state index in [1.165, 1.54) is 0 Å². The maximum atomic E-state index is 10.3. The predicted molar refractivity (Wildman–Crippen MR) is 99.9 cm³/mol. The predicted octanol–water partition coefficient (Wildman–Crippen LogP) is 5.15. The minimum Gasteiger partial charge on any atom is -0.481 e. The summed E-state index contributed by atoms with van der Waals surface area (Å²) in [5, 5.41) is 8.49. The molecule has 0 aliphatic carbocycles. The van der Waals surface area contributed by atoms with E-state index in [-0.39, 0.29) is 18.6 Å². The second-order valence-corrected chi connectivity index (χ2v) is 5.46. The molecule has 24 heavy (non-hydrogen) atoms. The van der Waals surface area contributed by atoms with Gasteiger partial charge in [0, 0.05) is 0 Å². The van der Waals surface area contributed by atoms with Crippen LogP contribution in [0.1, 0.15) is 39.0 Å². The van der Waals surface area contributed by atoms with Crippen LogP contribution in [0.15, 0.2) is 72.9 Å². The molecule has 2 unspecified atom stereocenters. The molecular weight excluding hydrogens is 300 g/mol. The van der Waals surface area contributed by atoms with Gasteiger partial charge in [0.25, 0.3) is 0 Å². The molecule has 3 heteroatoms. The molecule has 1 saturated heterocycles. The first-order valence-corrected chi connectivity index (χ1v) is 8.56. The molecule has 0 aromatic carbocycles. The first-order valence-electron chi connectivity index (χ1n) is 8.56. The van der Waals surface area contributed by atoms with Crippen molar-refractivity contribution >= 4 is 5.97 Å². The van der Waals surface area contributed by atoms with Gasteiger partial charge < -0.3 is 9.84 Å². The van der Waals surface area contributed by atoms with Crippen molar-refractivity contribution < 1.29 is 14.6 Å². The Morgan fingerprint density at radius 2 is 1.62 bits per heavy atom. The van der Waals surface area contributed by atoms with Crippen LogP contribution in [0.3, 0.4) is 0 Å². The number of carboxylic acids is 1. The van der Waals surface area contributed by atoms with E-state index in [0.717, 1.165) is 25.7 Å². The number of allylic oxidation sites excluding steroid dienone is 9. The van der Waals surface area contributed by atoms with Gasteiger partial charge in [-0.05, 0) is 25.7 Å². The minimum atomic E-state index is -0.797. The number of aliphatic carboxylic acids is 1. The Bertz CT molecular complexity index is 521.